The maximum atomic E-state index is 9.48. The van der Waals surface area contributed by atoms with Crippen LogP contribution in [0.5, 0.6) is 0 Å². The second kappa shape index (κ2) is 7.30. The van der Waals surface area contributed by atoms with Crippen LogP contribution >= 0.6 is 0 Å². The number of carbonyl (C=O) groups excluding carboxylic acids is 1. The summed E-state index contributed by atoms with van der Waals surface area (Å²) in [6.45, 7) is 2.90. The molecule has 0 atom stereocenters. The first-order valence-electron chi connectivity index (χ1n) is 5.70. The van der Waals surface area contributed by atoms with E-state index >= 15 is 0 Å². The number of hydrogen-bond donors (Lipinski definition) is 0. The fraction of sp³-hybridized carbons (Fsp3) is 0.125. The first-order valence-corrected chi connectivity index (χ1v) is 5.70. The third kappa shape index (κ3) is 3.81. The zero-order valence-corrected chi connectivity index (χ0v) is 13.2. The topological polar surface area (TPSA) is 26.3 Å². The number of fused-ring (bicyclic) bond motifs is 3. The molecule has 0 aliphatic heterocycles. The van der Waals surface area contributed by atoms with Crippen molar-refractivity contribution in [2.45, 2.75) is 6.42 Å². The van der Waals surface area contributed by atoms with Crippen LogP contribution in [0, 0.1) is 13.0 Å². The van der Waals surface area contributed by atoms with Gasteiger partial charge in [0.15, 0.2) is 5.97 Å². The molecule has 3 rings (SSSR count). The number of rotatable bonds is 0. The van der Waals surface area contributed by atoms with Crippen molar-refractivity contribution < 1.29 is 35.7 Å². The van der Waals surface area contributed by atoms with Crippen molar-refractivity contribution in [1.82, 2.24) is 0 Å². The van der Waals surface area contributed by atoms with Crippen LogP contribution < -0.4 is 0 Å². The van der Waals surface area contributed by atoms with E-state index in [0.717, 1.165) is 6.42 Å². The van der Waals surface area contributed by atoms with Gasteiger partial charge in [0.05, 0.1) is 7.11 Å². The molecule has 1 aliphatic carbocycles. The van der Waals surface area contributed by atoms with Crippen molar-refractivity contribution in [3.8, 4) is 11.1 Å². The van der Waals surface area contributed by atoms with E-state index in [0.29, 0.717) is 0 Å². The number of esters is 1. The summed E-state index contributed by atoms with van der Waals surface area (Å²) in [5.74, 6) is -0.495. The molecule has 19 heavy (non-hydrogen) atoms. The molecule has 0 spiro atoms. The molecule has 0 heterocycles. The van der Waals surface area contributed by atoms with Gasteiger partial charge in [0, 0.05) is 0 Å². The molecule has 0 radical (unpaired) electrons. The molecule has 2 nitrogen and oxygen atoms in total. The number of methoxy groups -OCH3 is 1. The fourth-order valence-electron chi connectivity index (χ4n) is 2.00. The van der Waals surface area contributed by atoms with Crippen LogP contribution in [0.4, 0.5) is 0 Å². The summed E-state index contributed by atoms with van der Waals surface area (Å²) in [6.07, 6.45) is 1.05. The van der Waals surface area contributed by atoms with E-state index in [2.05, 4.69) is 54.1 Å². The maximum Gasteiger partial charge on any atom is 2.00 e. The fourth-order valence-corrected chi connectivity index (χ4v) is 2.00. The molecule has 1 aliphatic rings. The molecule has 0 aromatic heterocycles. The Morgan fingerprint density at radius 3 is 2.53 bits per heavy atom. The minimum atomic E-state index is -0.495. The van der Waals surface area contributed by atoms with Crippen LogP contribution in [-0.4, -0.2) is 13.1 Å². The molecule has 0 unspecified atom stereocenters. The van der Waals surface area contributed by atoms with Crippen molar-refractivity contribution in [2.24, 2.45) is 0 Å². The molecule has 3 heteroatoms. The van der Waals surface area contributed by atoms with Gasteiger partial charge in [-0.05, 0) is 6.42 Å². The van der Waals surface area contributed by atoms with Gasteiger partial charge in [-0.1, -0.05) is 35.4 Å². The second-order valence-electron chi connectivity index (χ2n) is 3.97. The Hall–Kier alpha value is -1.34. The Morgan fingerprint density at radius 1 is 1.21 bits per heavy atom. The van der Waals surface area contributed by atoms with E-state index in [9.17, 15) is 4.79 Å². The summed E-state index contributed by atoms with van der Waals surface area (Å²) in [5, 5.41) is 0. The first kappa shape index (κ1) is 15.7. The molecule has 0 bridgehead atoms. The zero-order chi connectivity index (χ0) is 13.0. The van der Waals surface area contributed by atoms with Gasteiger partial charge in [-0.2, -0.15) is 29.8 Å². The SMILES string of the molecule is [CH2-]C(=O)OC.[Zr+2].[c-]1cccc2c1Cc1ccccc1-2. The second-order valence-corrected chi connectivity index (χ2v) is 3.97. The van der Waals surface area contributed by atoms with Gasteiger partial charge in [0.25, 0.3) is 0 Å². The van der Waals surface area contributed by atoms with Crippen LogP contribution in [0.15, 0.2) is 42.5 Å². The largest absolute Gasteiger partial charge is 2.00 e. The van der Waals surface area contributed by atoms with Crippen LogP contribution in [-0.2, 0) is 42.2 Å². The van der Waals surface area contributed by atoms with Crippen molar-refractivity contribution in [1.29, 1.82) is 0 Å². The van der Waals surface area contributed by atoms with E-state index in [1.807, 2.05) is 6.07 Å². The van der Waals surface area contributed by atoms with Crippen LogP contribution in [0.2, 0.25) is 0 Å². The maximum absolute atomic E-state index is 9.48. The molecule has 0 amide bonds. The van der Waals surface area contributed by atoms with Gasteiger partial charge >= 0.3 is 26.2 Å². The molecule has 2 aromatic rings. The van der Waals surface area contributed by atoms with Crippen molar-refractivity contribution in [3.63, 3.8) is 0 Å². The zero-order valence-electron chi connectivity index (χ0n) is 10.8. The molecule has 94 valence electrons. The predicted octanol–water partition coefficient (Wildman–Crippen LogP) is 3.05. The summed E-state index contributed by atoms with van der Waals surface area (Å²) in [6, 6.07) is 18.1. The Bertz CT molecular complexity index is 521. The van der Waals surface area contributed by atoms with Gasteiger partial charge in [-0.25, -0.2) is 0 Å². The molecular formula is C16H14O2Zr. The van der Waals surface area contributed by atoms with Crippen LogP contribution in [0.1, 0.15) is 11.1 Å². The van der Waals surface area contributed by atoms with Gasteiger partial charge in [-0.15, -0.1) is 5.56 Å². The molecule has 0 saturated carbocycles. The molecule has 0 saturated heterocycles. The van der Waals surface area contributed by atoms with Gasteiger partial charge < -0.3 is 4.74 Å². The number of hydrogen-bond acceptors (Lipinski definition) is 2. The Morgan fingerprint density at radius 2 is 1.84 bits per heavy atom. The smallest absolute Gasteiger partial charge is 0.492 e. The normalized spacial score (nSPS) is 10.2. The van der Waals surface area contributed by atoms with E-state index in [1.54, 1.807) is 0 Å². The molecular weight excluding hydrogens is 315 g/mol. The van der Waals surface area contributed by atoms with Gasteiger partial charge in [0.1, 0.15) is 0 Å². The average molecular weight is 330 g/mol. The Labute approximate surface area is 132 Å². The van der Waals surface area contributed by atoms with Crippen LogP contribution in [0.3, 0.4) is 0 Å². The minimum Gasteiger partial charge on any atom is -0.492 e. The first-order chi connectivity index (χ1) is 8.72. The number of benzene rings is 2. The Balaban J connectivity index is 0.000000265. The number of carbonyl (C=O) groups is 1. The van der Waals surface area contributed by atoms with Crippen molar-refractivity contribution in [2.75, 3.05) is 7.11 Å². The molecule has 0 N–H and O–H groups in total. The van der Waals surface area contributed by atoms with Crippen LogP contribution in [0.25, 0.3) is 11.1 Å². The predicted molar refractivity (Wildman–Crippen MR) is 70.9 cm³/mol. The van der Waals surface area contributed by atoms with E-state index in [4.69, 9.17) is 0 Å². The quantitative estimate of drug-likeness (QED) is 0.468. The third-order valence-corrected chi connectivity index (χ3v) is 2.84. The van der Waals surface area contributed by atoms with Gasteiger partial charge in [0.2, 0.25) is 0 Å². The average Bonchev–Trinajstić information content (AvgIpc) is 2.78. The standard InChI is InChI=1S/C13H9.C3H5O2.Zr/c1-3-7-12-10(5-1)9-11-6-2-4-8-13(11)12;1-3(4)5-2;/h1-5,7-8H,9H2;1H2,2H3;/q2*-1;+2. The number of ether oxygens (including phenoxy) is 1. The molecule has 2 aromatic carbocycles. The summed E-state index contributed by atoms with van der Waals surface area (Å²) in [7, 11) is 1.29. The van der Waals surface area contributed by atoms with Gasteiger partial charge in [-0.3, -0.25) is 11.7 Å². The van der Waals surface area contributed by atoms with Crippen molar-refractivity contribution >= 4 is 5.97 Å². The summed E-state index contributed by atoms with van der Waals surface area (Å²) < 4.78 is 4.00. The molecule has 0 fully saturated rings. The van der Waals surface area contributed by atoms with E-state index < -0.39 is 5.97 Å². The minimum absolute atomic E-state index is 0. The third-order valence-electron chi connectivity index (χ3n) is 2.84. The monoisotopic (exact) mass is 328 g/mol. The summed E-state index contributed by atoms with van der Waals surface area (Å²) >= 11 is 0. The van der Waals surface area contributed by atoms with E-state index in [-0.39, 0.29) is 26.2 Å². The summed E-state index contributed by atoms with van der Waals surface area (Å²) in [5.41, 5.74) is 5.51. The Kier molecular flexibility index (Phi) is 6.04. The van der Waals surface area contributed by atoms with Crippen molar-refractivity contribution in [3.05, 3.63) is 66.6 Å². The summed E-state index contributed by atoms with van der Waals surface area (Å²) in [4.78, 5) is 9.48. The van der Waals surface area contributed by atoms with E-state index in [1.165, 1.54) is 29.4 Å².